The maximum atomic E-state index is 9.61. The Hall–Kier alpha value is -1.06. The molecule has 3 heteroatoms. The predicted octanol–water partition coefficient (Wildman–Crippen LogP) is 1.94. The van der Waals surface area contributed by atoms with Gasteiger partial charge in [-0.1, -0.05) is 18.2 Å². The van der Waals surface area contributed by atoms with Crippen LogP contribution in [-0.2, 0) is 4.74 Å². The Morgan fingerprint density at radius 2 is 2.27 bits per heavy atom. The van der Waals surface area contributed by atoms with Crippen LogP contribution in [-0.4, -0.2) is 24.4 Å². The van der Waals surface area contributed by atoms with Gasteiger partial charge in [0, 0.05) is 17.9 Å². The quantitative estimate of drug-likeness (QED) is 0.796. The number of rotatable bonds is 3. The molecule has 1 aromatic carbocycles. The number of anilines is 1. The van der Waals surface area contributed by atoms with Gasteiger partial charge in [0.25, 0.3) is 0 Å². The van der Waals surface area contributed by atoms with E-state index in [1.807, 2.05) is 24.3 Å². The molecule has 2 atom stereocenters. The van der Waals surface area contributed by atoms with Crippen molar-refractivity contribution in [2.45, 2.75) is 25.5 Å². The Morgan fingerprint density at radius 1 is 1.47 bits per heavy atom. The molecule has 3 nitrogen and oxygen atoms in total. The first-order chi connectivity index (χ1) is 7.27. The summed E-state index contributed by atoms with van der Waals surface area (Å²) < 4.78 is 5.30. The lowest BCUT2D eigenvalue weighted by atomic mass is 10.1. The normalized spacial score (nSPS) is 22.7. The van der Waals surface area contributed by atoms with E-state index < -0.39 is 6.10 Å². The molecule has 0 bridgehead atoms. The molecule has 0 radical (unpaired) electrons. The third kappa shape index (κ3) is 2.49. The van der Waals surface area contributed by atoms with Gasteiger partial charge in [0.1, 0.15) is 0 Å². The van der Waals surface area contributed by atoms with E-state index in [2.05, 4.69) is 5.32 Å². The highest BCUT2D eigenvalue weighted by Crippen LogP contribution is 2.24. The van der Waals surface area contributed by atoms with E-state index in [0.29, 0.717) is 6.04 Å². The fraction of sp³-hybridized carbons (Fsp3) is 0.500. The van der Waals surface area contributed by atoms with Crippen molar-refractivity contribution in [1.29, 1.82) is 0 Å². The van der Waals surface area contributed by atoms with Gasteiger partial charge in [-0.3, -0.25) is 0 Å². The van der Waals surface area contributed by atoms with Crippen molar-refractivity contribution in [2.75, 3.05) is 18.5 Å². The molecule has 1 aliphatic rings. The molecule has 0 amide bonds. The first-order valence-corrected chi connectivity index (χ1v) is 5.38. The highest BCUT2D eigenvalue weighted by Gasteiger charge is 2.17. The molecular weight excluding hydrogens is 190 g/mol. The maximum Gasteiger partial charge on any atom is 0.0781 e. The number of ether oxygens (including phenoxy) is 1. The predicted molar refractivity (Wildman–Crippen MR) is 59.9 cm³/mol. The minimum Gasteiger partial charge on any atom is -0.389 e. The second-order valence-electron chi connectivity index (χ2n) is 3.97. The Morgan fingerprint density at radius 3 is 2.93 bits per heavy atom. The van der Waals surface area contributed by atoms with Gasteiger partial charge < -0.3 is 15.2 Å². The standard InChI is InChI=1S/C12H17NO2/c1-9(14)11-4-2-3-5-12(11)13-10-6-7-15-8-10/h2-5,9-10,13-14H,6-8H2,1H3. The molecule has 0 saturated carbocycles. The topological polar surface area (TPSA) is 41.5 Å². The fourth-order valence-corrected chi connectivity index (χ4v) is 1.86. The first kappa shape index (κ1) is 10.5. The second kappa shape index (κ2) is 4.64. The summed E-state index contributed by atoms with van der Waals surface area (Å²) in [6.07, 6.45) is 0.602. The molecule has 2 unspecified atom stereocenters. The number of nitrogens with one attached hydrogen (secondary N) is 1. The van der Waals surface area contributed by atoms with E-state index in [1.165, 1.54) is 0 Å². The summed E-state index contributed by atoms with van der Waals surface area (Å²) in [7, 11) is 0. The molecule has 1 heterocycles. The maximum absolute atomic E-state index is 9.61. The molecule has 82 valence electrons. The zero-order valence-electron chi connectivity index (χ0n) is 8.94. The lowest BCUT2D eigenvalue weighted by Crippen LogP contribution is -2.20. The van der Waals surface area contributed by atoms with E-state index in [9.17, 15) is 5.11 Å². The van der Waals surface area contributed by atoms with Crippen LogP contribution in [0.3, 0.4) is 0 Å². The van der Waals surface area contributed by atoms with E-state index in [-0.39, 0.29) is 0 Å². The lowest BCUT2D eigenvalue weighted by Gasteiger charge is -2.17. The van der Waals surface area contributed by atoms with Gasteiger partial charge in [-0.25, -0.2) is 0 Å². The lowest BCUT2D eigenvalue weighted by molar-refractivity contribution is 0.194. The summed E-state index contributed by atoms with van der Waals surface area (Å²) >= 11 is 0. The molecular formula is C12H17NO2. The largest absolute Gasteiger partial charge is 0.389 e. The molecule has 1 aromatic rings. The van der Waals surface area contributed by atoms with Crippen LogP contribution in [0.1, 0.15) is 25.0 Å². The monoisotopic (exact) mass is 207 g/mol. The van der Waals surface area contributed by atoms with Crippen LogP contribution < -0.4 is 5.32 Å². The fourth-order valence-electron chi connectivity index (χ4n) is 1.86. The second-order valence-corrected chi connectivity index (χ2v) is 3.97. The number of aliphatic hydroxyl groups excluding tert-OH is 1. The van der Waals surface area contributed by atoms with Crippen LogP contribution >= 0.6 is 0 Å². The highest BCUT2D eigenvalue weighted by molar-refractivity contribution is 5.52. The number of benzene rings is 1. The smallest absolute Gasteiger partial charge is 0.0781 e. The van der Waals surface area contributed by atoms with Crippen molar-refractivity contribution in [2.24, 2.45) is 0 Å². The van der Waals surface area contributed by atoms with Crippen molar-refractivity contribution in [3.8, 4) is 0 Å². The number of aliphatic hydroxyl groups is 1. The minimum atomic E-state index is -0.434. The van der Waals surface area contributed by atoms with Crippen molar-refractivity contribution in [3.05, 3.63) is 29.8 Å². The minimum absolute atomic E-state index is 0.380. The Labute approximate surface area is 90.1 Å². The molecule has 0 spiro atoms. The van der Waals surface area contributed by atoms with E-state index >= 15 is 0 Å². The van der Waals surface area contributed by atoms with Gasteiger partial charge in [0.05, 0.1) is 18.8 Å². The zero-order valence-corrected chi connectivity index (χ0v) is 8.94. The molecule has 15 heavy (non-hydrogen) atoms. The van der Waals surface area contributed by atoms with Gasteiger partial charge in [0.2, 0.25) is 0 Å². The van der Waals surface area contributed by atoms with Crippen LogP contribution in [0.2, 0.25) is 0 Å². The van der Waals surface area contributed by atoms with Crippen LogP contribution in [0.25, 0.3) is 0 Å². The molecule has 0 aromatic heterocycles. The number of para-hydroxylation sites is 1. The Balaban J connectivity index is 2.12. The number of hydrogen-bond donors (Lipinski definition) is 2. The first-order valence-electron chi connectivity index (χ1n) is 5.38. The molecule has 2 N–H and O–H groups in total. The highest BCUT2D eigenvalue weighted by atomic mass is 16.5. The van der Waals surface area contributed by atoms with E-state index in [1.54, 1.807) is 6.92 Å². The van der Waals surface area contributed by atoms with Crippen molar-refractivity contribution in [1.82, 2.24) is 0 Å². The van der Waals surface area contributed by atoms with Gasteiger partial charge in [0.15, 0.2) is 0 Å². The van der Waals surface area contributed by atoms with Gasteiger partial charge in [-0.15, -0.1) is 0 Å². The van der Waals surface area contributed by atoms with Crippen LogP contribution in [0.4, 0.5) is 5.69 Å². The van der Waals surface area contributed by atoms with E-state index in [4.69, 9.17) is 4.74 Å². The van der Waals surface area contributed by atoms with Gasteiger partial charge >= 0.3 is 0 Å². The summed E-state index contributed by atoms with van der Waals surface area (Å²) in [6.45, 7) is 3.37. The molecule has 1 saturated heterocycles. The van der Waals surface area contributed by atoms with Gasteiger partial charge in [-0.2, -0.15) is 0 Å². The molecule has 0 aliphatic carbocycles. The molecule has 1 fully saturated rings. The average molecular weight is 207 g/mol. The summed E-state index contributed by atoms with van der Waals surface area (Å²) in [5.74, 6) is 0. The summed E-state index contributed by atoms with van der Waals surface area (Å²) in [6, 6.07) is 8.25. The van der Waals surface area contributed by atoms with E-state index in [0.717, 1.165) is 30.9 Å². The summed E-state index contributed by atoms with van der Waals surface area (Å²) in [4.78, 5) is 0. The number of hydrogen-bond acceptors (Lipinski definition) is 3. The van der Waals surface area contributed by atoms with Crippen LogP contribution in [0.5, 0.6) is 0 Å². The Kier molecular flexibility index (Phi) is 3.23. The Bertz CT molecular complexity index is 319. The third-order valence-electron chi connectivity index (χ3n) is 2.70. The molecule has 1 aliphatic heterocycles. The molecule has 2 rings (SSSR count). The average Bonchev–Trinajstić information content (AvgIpc) is 2.71. The SMILES string of the molecule is CC(O)c1ccccc1NC1CCOC1. The van der Waals surface area contributed by atoms with Crippen molar-refractivity contribution >= 4 is 5.69 Å². The van der Waals surface area contributed by atoms with Crippen LogP contribution in [0.15, 0.2) is 24.3 Å². The summed E-state index contributed by atoms with van der Waals surface area (Å²) in [5.41, 5.74) is 1.97. The van der Waals surface area contributed by atoms with Gasteiger partial charge in [-0.05, 0) is 19.4 Å². The van der Waals surface area contributed by atoms with Crippen molar-refractivity contribution in [3.63, 3.8) is 0 Å². The zero-order chi connectivity index (χ0) is 10.7. The van der Waals surface area contributed by atoms with Crippen LogP contribution in [0, 0.1) is 0 Å². The third-order valence-corrected chi connectivity index (χ3v) is 2.70. The van der Waals surface area contributed by atoms with Crippen molar-refractivity contribution < 1.29 is 9.84 Å². The summed E-state index contributed by atoms with van der Waals surface area (Å²) in [5, 5.41) is 13.0.